The molecule has 1 fully saturated rings. The molecule has 1 aliphatic heterocycles. The van der Waals surface area contributed by atoms with Gasteiger partial charge in [-0.15, -0.1) is 11.3 Å². The Morgan fingerprint density at radius 1 is 1.17 bits per heavy atom. The smallest absolute Gasteiger partial charge is 0.322 e. The van der Waals surface area contributed by atoms with Crippen LogP contribution in [-0.4, -0.2) is 76.5 Å². The highest BCUT2D eigenvalue weighted by molar-refractivity contribution is 7.18. The van der Waals surface area contributed by atoms with E-state index in [-0.39, 0.29) is 12.6 Å². The molecule has 1 aliphatic rings. The number of piperazine rings is 1. The Morgan fingerprint density at radius 3 is 2.72 bits per heavy atom. The van der Waals surface area contributed by atoms with Crippen LogP contribution in [0.25, 0.3) is 21.5 Å². The van der Waals surface area contributed by atoms with Crippen LogP contribution in [0.4, 0.5) is 10.5 Å². The van der Waals surface area contributed by atoms with Gasteiger partial charge in [0.2, 0.25) is 0 Å². The summed E-state index contributed by atoms with van der Waals surface area (Å²) in [6, 6.07) is 15.2. The number of thiazole rings is 1. The number of ether oxygens (including phenoxy) is 1. The minimum atomic E-state index is -0.633. The first kappa shape index (κ1) is 24.2. The van der Waals surface area contributed by atoms with Crippen LogP contribution in [0.1, 0.15) is 10.7 Å². The number of hydrogen-bond donors (Lipinski definition) is 2. The van der Waals surface area contributed by atoms with Gasteiger partial charge in [0.15, 0.2) is 5.76 Å². The number of carbonyl (C=O) groups is 1. The van der Waals surface area contributed by atoms with Gasteiger partial charge in [-0.1, -0.05) is 35.5 Å². The molecule has 1 saturated heterocycles. The van der Waals surface area contributed by atoms with Crippen molar-refractivity contribution >= 4 is 33.3 Å². The zero-order valence-electron chi connectivity index (χ0n) is 20.3. The van der Waals surface area contributed by atoms with E-state index in [9.17, 15) is 9.90 Å². The maximum atomic E-state index is 12.9. The summed E-state index contributed by atoms with van der Waals surface area (Å²) in [7, 11) is 0. The van der Waals surface area contributed by atoms with E-state index in [0.717, 1.165) is 20.8 Å². The van der Waals surface area contributed by atoms with Crippen molar-refractivity contribution in [2.45, 2.75) is 20.0 Å². The lowest BCUT2D eigenvalue weighted by atomic mass is 10.1. The Labute approximate surface area is 213 Å². The Kier molecular flexibility index (Phi) is 7.17. The highest BCUT2D eigenvalue weighted by Gasteiger charge is 2.25. The van der Waals surface area contributed by atoms with Crippen molar-refractivity contribution < 1.29 is 19.2 Å². The van der Waals surface area contributed by atoms with Gasteiger partial charge in [0, 0.05) is 44.4 Å². The summed E-state index contributed by atoms with van der Waals surface area (Å²) >= 11 is 1.65. The number of amides is 2. The number of aliphatic hydroxyl groups excluding tert-OH is 1. The van der Waals surface area contributed by atoms with Gasteiger partial charge >= 0.3 is 6.03 Å². The van der Waals surface area contributed by atoms with Crippen molar-refractivity contribution in [3.8, 4) is 17.1 Å². The van der Waals surface area contributed by atoms with Crippen molar-refractivity contribution in [2.24, 2.45) is 0 Å². The molecule has 2 amide bonds. The molecule has 0 bridgehead atoms. The van der Waals surface area contributed by atoms with Crippen molar-refractivity contribution in [1.82, 2.24) is 19.9 Å². The maximum Gasteiger partial charge on any atom is 0.322 e. The molecule has 0 spiro atoms. The van der Waals surface area contributed by atoms with E-state index in [1.807, 2.05) is 62.4 Å². The molecule has 5 rings (SSSR count). The van der Waals surface area contributed by atoms with E-state index in [4.69, 9.17) is 9.26 Å². The van der Waals surface area contributed by atoms with Gasteiger partial charge in [-0.25, -0.2) is 9.78 Å². The van der Waals surface area contributed by atoms with Crippen molar-refractivity contribution in [3.63, 3.8) is 0 Å². The monoisotopic (exact) mass is 507 g/mol. The number of β-amino-alcohol motifs (C(OH)–C–C–N with tert-alkyl or cyclic N) is 1. The molecule has 0 saturated carbocycles. The zero-order chi connectivity index (χ0) is 25.1. The van der Waals surface area contributed by atoms with E-state index < -0.39 is 6.10 Å². The number of nitrogens with one attached hydrogen (secondary N) is 1. The lowest BCUT2D eigenvalue weighted by Crippen LogP contribution is -2.52. The minimum Gasteiger partial charge on any atom is -0.491 e. The standard InChI is InChI=1S/C26H29N5O4S/c1-17-24(25(35-29-17)19-6-4-3-5-7-19)28-26(33)31-12-10-30(11-13-31)15-20(32)16-34-21-8-9-23-22(14-21)27-18(2)36-23/h3-9,14,20,32H,10-13,15-16H2,1-2H3,(H,28,33)/t20-/m1/s1. The molecule has 4 aromatic rings. The van der Waals surface area contributed by atoms with E-state index in [0.29, 0.717) is 55.6 Å². The third kappa shape index (κ3) is 5.51. The second-order valence-electron chi connectivity index (χ2n) is 8.88. The molecule has 3 heterocycles. The highest BCUT2D eigenvalue weighted by Crippen LogP contribution is 2.31. The number of hydrogen-bond acceptors (Lipinski definition) is 8. The first-order valence-electron chi connectivity index (χ1n) is 11.9. The van der Waals surface area contributed by atoms with Crippen molar-refractivity contribution in [1.29, 1.82) is 0 Å². The molecular formula is C26H29N5O4S. The van der Waals surface area contributed by atoms with Gasteiger partial charge < -0.3 is 24.6 Å². The van der Waals surface area contributed by atoms with Crippen LogP contribution in [0.2, 0.25) is 0 Å². The van der Waals surface area contributed by atoms with Crippen molar-refractivity contribution in [2.75, 3.05) is 44.6 Å². The fourth-order valence-corrected chi connectivity index (χ4v) is 5.09. The lowest BCUT2D eigenvalue weighted by molar-refractivity contribution is 0.0526. The molecule has 2 N–H and O–H groups in total. The predicted molar refractivity (Wildman–Crippen MR) is 140 cm³/mol. The summed E-state index contributed by atoms with van der Waals surface area (Å²) < 4.78 is 12.4. The predicted octanol–water partition coefficient (Wildman–Crippen LogP) is 4.16. The number of benzene rings is 2. The largest absolute Gasteiger partial charge is 0.491 e. The molecule has 2 aromatic carbocycles. The molecule has 1 atom stereocenters. The fourth-order valence-electron chi connectivity index (χ4n) is 4.28. The van der Waals surface area contributed by atoms with Gasteiger partial charge in [0.05, 0.1) is 15.2 Å². The highest BCUT2D eigenvalue weighted by atomic mass is 32.1. The number of urea groups is 1. The average molecular weight is 508 g/mol. The number of nitrogens with zero attached hydrogens (tertiary/aromatic N) is 4. The van der Waals surface area contributed by atoms with Crippen LogP contribution in [0.3, 0.4) is 0 Å². The van der Waals surface area contributed by atoms with Crippen LogP contribution in [0, 0.1) is 13.8 Å². The number of aliphatic hydroxyl groups is 1. The van der Waals surface area contributed by atoms with E-state index >= 15 is 0 Å². The Balaban J connectivity index is 1.09. The molecule has 0 radical (unpaired) electrons. The molecule has 0 unspecified atom stereocenters. The first-order chi connectivity index (χ1) is 17.5. The summed E-state index contributed by atoms with van der Waals surface area (Å²) in [4.78, 5) is 21.3. The SMILES string of the molecule is Cc1nc2cc(OC[C@H](O)CN3CCN(C(=O)Nc4c(C)noc4-c4ccccc4)CC3)ccc2s1. The first-order valence-corrected chi connectivity index (χ1v) is 12.8. The third-order valence-electron chi connectivity index (χ3n) is 6.17. The molecule has 10 heteroatoms. The molecular weight excluding hydrogens is 478 g/mol. The average Bonchev–Trinajstić information content (AvgIpc) is 3.44. The number of carbonyl (C=O) groups excluding carboxylic acids is 1. The van der Waals surface area contributed by atoms with Crippen LogP contribution in [-0.2, 0) is 0 Å². The summed E-state index contributed by atoms with van der Waals surface area (Å²) in [5.41, 5.74) is 2.99. The van der Waals surface area contributed by atoms with Gasteiger partial charge in [0.1, 0.15) is 29.8 Å². The fraction of sp³-hybridized carbons (Fsp3) is 0.346. The maximum absolute atomic E-state index is 12.9. The van der Waals surface area contributed by atoms with Crippen LogP contribution >= 0.6 is 11.3 Å². The number of anilines is 1. The van der Waals surface area contributed by atoms with Crippen LogP contribution in [0.5, 0.6) is 5.75 Å². The second kappa shape index (κ2) is 10.7. The number of rotatable bonds is 7. The molecule has 188 valence electrons. The Bertz CT molecular complexity index is 1330. The van der Waals surface area contributed by atoms with Gasteiger partial charge in [-0.2, -0.15) is 0 Å². The zero-order valence-corrected chi connectivity index (χ0v) is 21.1. The molecule has 0 aliphatic carbocycles. The lowest BCUT2D eigenvalue weighted by Gasteiger charge is -2.35. The summed E-state index contributed by atoms with van der Waals surface area (Å²) in [6.45, 7) is 6.93. The minimum absolute atomic E-state index is 0.185. The van der Waals surface area contributed by atoms with Crippen LogP contribution < -0.4 is 10.1 Å². The molecule has 2 aromatic heterocycles. The number of aryl methyl sites for hydroxylation is 2. The third-order valence-corrected chi connectivity index (χ3v) is 7.12. The van der Waals surface area contributed by atoms with Gasteiger partial charge in [0.25, 0.3) is 0 Å². The van der Waals surface area contributed by atoms with Crippen LogP contribution in [0.15, 0.2) is 53.1 Å². The van der Waals surface area contributed by atoms with E-state index in [2.05, 4.69) is 20.4 Å². The topological polar surface area (TPSA) is 104 Å². The van der Waals surface area contributed by atoms with E-state index in [1.54, 1.807) is 16.2 Å². The normalized spacial score (nSPS) is 15.2. The quantitative estimate of drug-likeness (QED) is 0.387. The van der Waals surface area contributed by atoms with Gasteiger partial charge in [-0.05, 0) is 26.0 Å². The second-order valence-corrected chi connectivity index (χ2v) is 10.1. The summed E-state index contributed by atoms with van der Waals surface area (Å²) in [5, 5.41) is 18.5. The summed E-state index contributed by atoms with van der Waals surface area (Å²) in [6.07, 6.45) is -0.633. The van der Waals surface area contributed by atoms with Gasteiger partial charge in [-0.3, -0.25) is 4.90 Å². The molecule has 36 heavy (non-hydrogen) atoms. The number of aromatic nitrogens is 2. The number of fused-ring (bicyclic) bond motifs is 1. The van der Waals surface area contributed by atoms with Crippen molar-refractivity contribution in [3.05, 3.63) is 59.2 Å². The van der Waals surface area contributed by atoms with E-state index in [1.165, 1.54) is 0 Å². The Hall–Kier alpha value is -3.47. The molecule has 9 nitrogen and oxygen atoms in total. The Morgan fingerprint density at radius 2 is 1.94 bits per heavy atom. The summed E-state index contributed by atoms with van der Waals surface area (Å²) in [5.74, 6) is 1.25.